The number of para-hydroxylation sites is 2. The third-order valence-electron chi connectivity index (χ3n) is 5.10. The molecule has 0 radical (unpaired) electrons. The van der Waals surface area contributed by atoms with Crippen molar-refractivity contribution in [3.8, 4) is 11.3 Å². The molecule has 0 aliphatic carbocycles. The predicted molar refractivity (Wildman–Crippen MR) is 110 cm³/mol. The van der Waals surface area contributed by atoms with E-state index in [2.05, 4.69) is 45.0 Å². The second-order valence-electron chi connectivity index (χ2n) is 7.01. The Morgan fingerprint density at radius 2 is 2.07 bits per heavy atom. The highest BCUT2D eigenvalue weighted by molar-refractivity contribution is 7.09. The van der Waals surface area contributed by atoms with Crippen LogP contribution in [0.4, 0.5) is 11.4 Å². The van der Waals surface area contributed by atoms with Crippen molar-refractivity contribution >= 4 is 22.7 Å². The lowest BCUT2D eigenvalue weighted by Crippen LogP contribution is -2.35. The first-order valence-corrected chi connectivity index (χ1v) is 10.2. The van der Waals surface area contributed by atoms with Crippen LogP contribution in [0.3, 0.4) is 0 Å². The first-order valence-electron chi connectivity index (χ1n) is 9.35. The summed E-state index contributed by atoms with van der Waals surface area (Å²) in [5.74, 6) is 0.447. The maximum Gasteiger partial charge on any atom is 0.112 e. The molecule has 0 amide bonds. The van der Waals surface area contributed by atoms with E-state index >= 15 is 0 Å². The average molecular weight is 384 g/mol. The summed E-state index contributed by atoms with van der Waals surface area (Å²) in [7, 11) is 1.92. The molecule has 0 atom stereocenters. The van der Waals surface area contributed by atoms with Gasteiger partial charge in [-0.15, -0.1) is 11.3 Å². The van der Waals surface area contributed by atoms with E-state index in [4.69, 9.17) is 4.98 Å². The molecule has 0 spiro atoms. The Kier molecular flexibility index (Phi) is 5.40. The molecule has 1 aliphatic heterocycles. The summed E-state index contributed by atoms with van der Waals surface area (Å²) >= 11 is 1.67. The van der Waals surface area contributed by atoms with Crippen LogP contribution in [0.2, 0.25) is 0 Å². The molecule has 27 heavy (non-hydrogen) atoms. The number of aryl methyl sites for hydroxylation is 1. The van der Waals surface area contributed by atoms with Gasteiger partial charge in [0.05, 0.1) is 29.8 Å². The molecule has 3 heterocycles. The molecular formula is C20H25N5OS. The zero-order valence-corrected chi connectivity index (χ0v) is 16.3. The quantitative estimate of drug-likeness (QED) is 0.683. The van der Waals surface area contributed by atoms with Gasteiger partial charge < -0.3 is 15.3 Å². The number of piperidine rings is 1. The molecule has 7 heteroatoms. The second-order valence-corrected chi connectivity index (χ2v) is 7.96. The van der Waals surface area contributed by atoms with Crippen molar-refractivity contribution in [3.63, 3.8) is 0 Å². The summed E-state index contributed by atoms with van der Waals surface area (Å²) in [5, 5.41) is 20.3. The van der Waals surface area contributed by atoms with Crippen molar-refractivity contribution in [3.05, 3.63) is 47.0 Å². The van der Waals surface area contributed by atoms with Crippen molar-refractivity contribution in [2.24, 2.45) is 13.0 Å². The van der Waals surface area contributed by atoms with Gasteiger partial charge in [0.25, 0.3) is 0 Å². The number of benzene rings is 1. The van der Waals surface area contributed by atoms with E-state index in [1.807, 2.05) is 19.4 Å². The highest BCUT2D eigenvalue weighted by atomic mass is 32.1. The highest BCUT2D eigenvalue weighted by Crippen LogP contribution is 2.30. The molecule has 2 N–H and O–H groups in total. The van der Waals surface area contributed by atoms with Crippen molar-refractivity contribution in [1.82, 2.24) is 14.8 Å². The van der Waals surface area contributed by atoms with Gasteiger partial charge in [0, 0.05) is 43.9 Å². The van der Waals surface area contributed by atoms with Crippen LogP contribution in [0.25, 0.3) is 11.3 Å². The lowest BCUT2D eigenvalue weighted by Gasteiger charge is -2.34. The van der Waals surface area contributed by atoms with Gasteiger partial charge in [-0.05, 0) is 30.9 Å². The van der Waals surface area contributed by atoms with Gasteiger partial charge in [0.1, 0.15) is 5.01 Å². The van der Waals surface area contributed by atoms with Crippen LogP contribution in [0, 0.1) is 5.92 Å². The van der Waals surface area contributed by atoms with Crippen molar-refractivity contribution in [1.29, 1.82) is 0 Å². The van der Waals surface area contributed by atoms with Gasteiger partial charge in [-0.2, -0.15) is 5.10 Å². The van der Waals surface area contributed by atoms with Crippen molar-refractivity contribution < 1.29 is 5.11 Å². The average Bonchev–Trinajstić information content (AvgIpc) is 3.35. The number of rotatable bonds is 6. The largest absolute Gasteiger partial charge is 0.396 e. The van der Waals surface area contributed by atoms with Gasteiger partial charge >= 0.3 is 0 Å². The Morgan fingerprint density at radius 1 is 1.26 bits per heavy atom. The highest BCUT2D eigenvalue weighted by Gasteiger charge is 2.20. The minimum Gasteiger partial charge on any atom is -0.396 e. The number of aliphatic hydroxyl groups excluding tert-OH is 1. The Hall–Kier alpha value is -2.38. The number of thiazole rings is 1. The molecular weight excluding hydrogens is 358 g/mol. The van der Waals surface area contributed by atoms with E-state index in [1.165, 1.54) is 5.69 Å². The Bertz CT molecular complexity index is 882. The Labute approximate surface area is 163 Å². The fourth-order valence-electron chi connectivity index (χ4n) is 3.50. The van der Waals surface area contributed by atoms with Crippen LogP contribution in [-0.2, 0) is 13.6 Å². The SMILES string of the molecule is Cn1cc(-c2csc(CNc3ccccc3N3CCC(CO)CC3)n2)cn1. The number of hydrogen-bond donors (Lipinski definition) is 2. The maximum atomic E-state index is 9.36. The molecule has 0 bridgehead atoms. The Morgan fingerprint density at radius 3 is 2.81 bits per heavy atom. The van der Waals surface area contributed by atoms with Gasteiger partial charge in [-0.3, -0.25) is 4.68 Å². The van der Waals surface area contributed by atoms with Crippen LogP contribution >= 0.6 is 11.3 Å². The molecule has 1 aromatic carbocycles. The van der Waals surface area contributed by atoms with Crippen LogP contribution < -0.4 is 10.2 Å². The van der Waals surface area contributed by atoms with Crippen LogP contribution in [0.5, 0.6) is 0 Å². The Balaban J connectivity index is 1.42. The molecule has 2 aromatic heterocycles. The fourth-order valence-corrected chi connectivity index (χ4v) is 4.25. The molecule has 0 unspecified atom stereocenters. The number of nitrogens with zero attached hydrogens (tertiary/aromatic N) is 4. The van der Waals surface area contributed by atoms with E-state index in [0.29, 0.717) is 19.1 Å². The van der Waals surface area contributed by atoms with Crippen LogP contribution in [0.15, 0.2) is 42.0 Å². The van der Waals surface area contributed by atoms with Gasteiger partial charge in [0.15, 0.2) is 0 Å². The number of hydrogen-bond acceptors (Lipinski definition) is 6. The van der Waals surface area contributed by atoms with Crippen molar-refractivity contribution in [2.75, 3.05) is 29.9 Å². The number of nitrogens with one attached hydrogen (secondary N) is 1. The van der Waals surface area contributed by atoms with Gasteiger partial charge in [-0.25, -0.2) is 4.98 Å². The summed E-state index contributed by atoms with van der Waals surface area (Å²) in [6, 6.07) is 8.45. The minimum absolute atomic E-state index is 0.303. The summed E-state index contributed by atoms with van der Waals surface area (Å²) in [5.41, 5.74) is 4.40. The topological polar surface area (TPSA) is 66.2 Å². The molecule has 1 fully saturated rings. The van der Waals surface area contributed by atoms with E-state index < -0.39 is 0 Å². The summed E-state index contributed by atoms with van der Waals surface area (Å²) in [6.07, 6.45) is 5.92. The molecule has 142 valence electrons. The zero-order chi connectivity index (χ0) is 18.6. The van der Waals surface area contributed by atoms with E-state index in [9.17, 15) is 5.11 Å². The summed E-state index contributed by atoms with van der Waals surface area (Å²) in [6.45, 7) is 2.99. The maximum absolute atomic E-state index is 9.36. The molecule has 6 nitrogen and oxygen atoms in total. The second kappa shape index (κ2) is 8.10. The summed E-state index contributed by atoms with van der Waals surface area (Å²) in [4.78, 5) is 7.15. The van der Waals surface area contributed by atoms with E-state index in [1.54, 1.807) is 16.0 Å². The molecule has 4 rings (SSSR count). The normalized spacial score (nSPS) is 15.3. The third kappa shape index (κ3) is 4.14. The van der Waals surface area contributed by atoms with Crippen LogP contribution in [0.1, 0.15) is 17.8 Å². The number of anilines is 2. The lowest BCUT2D eigenvalue weighted by molar-refractivity contribution is 0.203. The van der Waals surface area contributed by atoms with Crippen molar-refractivity contribution in [2.45, 2.75) is 19.4 Å². The predicted octanol–water partition coefficient (Wildman–Crippen LogP) is 3.36. The molecule has 1 saturated heterocycles. The van der Waals surface area contributed by atoms with E-state index in [0.717, 1.165) is 47.9 Å². The molecule has 0 saturated carbocycles. The third-order valence-corrected chi connectivity index (χ3v) is 5.95. The monoisotopic (exact) mass is 383 g/mol. The smallest absolute Gasteiger partial charge is 0.112 e. The first kappa shape index (κ1) is 18.0. The molecule has 1 aliphatic rings. The minimum atomic E-state index is 0.303. The zero-order valence-electron chi connectivity index (χ0n) is 15.5. The molecule has 3 aromatic rings. The first-order chi connectivity index (χ1) is 13.2. The fraction of sp³-hybridized carbons (Fsp3) is 0.400. The van der Waals surface area contributed by atoms with Gasteiger partial charge in [-0.1, -0.05) is 12.1 Å². The lowest BCUT2D eigenvalue weighted by atomic mass is 9.97. The van der Waals surface area contributed by atoms with E-state index in [-0.39, 0.29) is 0 Å². The number of aromatic nitrogens is 3. The standard InChI is InChI=1S/C20H25N5OS/c1-24-12-16(10-22-24)18-14-27-20(23-18)11-21-17-4-2-3-5-19(17)25-8-6-15(13-26)7-9-25/h2-5,10,12,14-15,21,26H,6-9,11,13H2,1H3. The van der Waals surface area contributed by atoms with Crippen LogP contribution in [-0.4, -0.2) is 39.6 Å². The number of aliphatic hydroxyl groups is 1. The summed E-state index contributed by atoms with van der Waals surface area (Å²) < 4.78 is 1.79. The van der Waals surface area contributed by atoms with Gasteiger partial charge in [0.2, 0.25) is 0 Å².